The molecule has 1 amide bonds. The van der Waals surface area contributed by atoms with Gasteiger partial charge in [-0.05, 0) is 52.2 Å². The largest absolute Gasteiger partial charge is 0.474 e. The second kappa shape index (κ2) is 14.4. The predicted octanol–water partition coefficient (Wildman–Crippen LogP) is 8.78. The number of pyridine rings is 1. The molecule has 0 saturated carbocycles. The maximum absolute atomic E-state index is 14.8. The van der Waals surface area contributed by atoms with Gasteiger partial charge in [-0.2, -0.15) is 26.3 Å². The molecular weight excluding hydrogens is 622 g/mol. The molecule has 46 heavy (non-hydrogen) atoms. The number of alkyl halides is 6. The van der Waals surface area contributed by atoms with E-state index in [1.165, 1.54) is 39.8 Å². The fraction of sp³-hybridized carbons (Fsp3) is 0.419. The molecule has 1 aromatic carbocycles. The fourth-order valence-electron chi connectivity index (χ4n) is 4.09. The number of nitrogens with one attached hydrogen (secondary N) is 1. The number of ether oxygens (including phenoxy) is 3. The number of aromatic nitrogens is 3. The van der Waals surface area contributed by atoms with Gasteiger partial charge in [0, 0.05) is 6.42 Å². The van der Waals surface area contributed by atoms with Crippen LogP contribution in [0.4, 0.5) is 36.8 Å². The van der Waals surface area contributed by atoms with E-state index in [9.17, 15) is 31.1 Å². The number of anilines is 1. The van der Waals surface area contributed by atoms with Crippen molar-refractivity contribution in [1.29, 1.82) is 0 Å². The molecule has 0 unspecified atom stereocenters. The average Bonchev–Trinajstić information content (AvgIpc) is 3.42. The number of hydrogen-bond acceptors (Lipinski definition) is 8. The summed E-state index contributed by atoms with van der Waals surface area (Å²) in [4.78, 5) is 16.5. The molecule has 0 aliphatic rings. The Bertz CT molecular complexity index is 1500. The van der Waals surface area contributed by atoms with Crippen molar-refractivity contribution in [2.24, 2.45) is 0 Å². The Morgan fingerprint density at radius 1 is 1.04 bits per heavy atom. The number of halogens is 6. The molecule has 0 aliphatic carbocycles. The summed E-state index contributed by atoms with van der Waals surface area (Å²) >= 11 is 0. The van der Waals surface area contributed by atoms with Crippen molar-refractivity contribution in [2.75, 3.05) is 5.32 Å². The summed E-state index contributed by atoms with van der Waals surface area (Å²) < 4.78 is 109. The molecule has 2 aromatic heterocycles. The summed E-state index contributed by atoms with van der Waals surface area (Å²) in [6, 6.07) is 8.53. The van der Waals surface area contributed by atoms with Crippen LogP contribution in [0.15, 0.2) is 66.1 Å². The molecule has 0 fully saturated rings. The molecule has 9 nitrogen and oxygen atoms in total. The molecule has 2 atom stereocenters. The summed E-state index contributed by atoms with van der Waals surface area (Å²) in [7, 11) is 0. The van der Waals surface area contributed by atoms with E-state index in [4.69, 9.17) is 18.6 Å². The van der Waals surface area contributed by atoms with Gasteiger partial charge in [0.2, 0.25) is 11.5 Å². The van der Waals surface area contributed by atoms with Crippen LogP contribution >= 0.6 is 0 Å². The van der Waals surface area contributed by atoms with E-state index in [1.54, 1.807) is 30.3 Å². The third-order valence-corrected chi connectivity index (χ3v) is 6.20. The smallest absolute Gasteiger partial charge is 0.426 e. The van der Waals surface area contributed by atoms with Crippen LogP contribution in [0.2, 0.25) is 0 Å². The average molecular weight is 657 g/mol. The van der Waals surface area contributed by atoms with Crippen molar-refractivity contribution in [1.82, 2.24) is 15.2 Å². The topological polar surface area (TPSA) is 109 Å². The number of rotatable bonds is 13. The quantitative estimate of drug-likeness (QED) is 0.144. The number of hydrogen-bond donors (Lipinski definition) is 1. The Labute approximate surface area is 261 Å². The first kappa shape index (κ1) is 36.1. The summed E-state index contributed by atoms with van der Waals surface area (Å²) in [6.07, 6.45) is -10.3. The summed E-state index contributed by atoms with van der Waals surface area (Å²) in [5.41, 5.74) is -6.43. The summed E-state index contributed by atoms with van der Waals surface area (Å²) in [5.74, 6) is -2.74. The highest BCUT2D eigenvalue weighted by atomic mass is 19.4. The number of benzene rings is 1. The van der Waals surface area contributed by atoms with Crippen LogP contribution in [-0.2, 0) is 27.9 Å². The van der Waals surface area contributed by atoms with Gasteiger partial charge in [0.1, 0.15) is 17.3 Å². The summed E-state index contributed by atoms with van der Waals surface area (Å²) in [5, 5.41) is 9.45. The molecule has 0 aliphatic heterocycles. The lowest BCUT2D eigenvalue weighted by Crippen LogP contribution is -2.45. The van der Waals surface area contributed by atoms with Gasteiger partial charge in [0.25, 0.3) is 11.8 Å². The van der Waals surface area contributed by atoms with E-state index in [2.05, 4.69) is 33.7 Å². The van der Waals surface area contributed by atoms with E-state index in [-0.39, 0.29) is 12.8 Å². The Morgan fingerprint density at radius 2 is 1.72 bits per heavy atom. The highest BCUT2D eigenvalue weighted by Gasteiger charge is 2.61. The van der Waals surface area contributed by atoms with Gasteiger partial charge in [-0.1, -0.05) is 42.5 Å². The lowest BCUT2D eigenvalue weighted by atomic mass is 9.96. The van der Waals surface area contributed by atoms with E-state index < -0.39 is 83.4 Å². The van der Waals surface area contributed by atoms with Crippen LogP contribution in [0.5, 0.6) is 5.88 Å². The number of nitrogens with zero attached hydrogens (tertiary/aromatic N) is 3. The molecule has 3 rings (SSSR count). The molecule has 0 bridgehead atoms. The third-order valence-electron chi connectivity index (χ3n) is 6.20. The molecule has 0 spiro atoms. The highest BCUT2D eigenvalue weighted by molar-refractivity contribution is 5.89. The van der Waals surface area contributed by atoms with Crippen LogP contribution in [0.3, 0.4) is 0 Å². The number of carbonyl (C=O) groups is 1. The van der Waals surface area contributed by atoms with Crippen molar-refractivity contribution in [3.8, 4) is 17.5 Å². The Hall–Kier alpha value is -4.40. The standard InChI is InChI=1S/C31H34F6N4O5/c1-7-9-16-29(31(35,36)37,43-18-20-14-11-10-12-15-20)26-41-40-25(45-26)23-22(38-27(42)46-28(4,5)6)17-21(30(32,33)34)24(39-23)44-19(3)13-8-2/h7-8,10-12,14-15,17,19H,1-2,9,13,16,18H2,3-6H3,(H,38,42)/t19-,29+/m0/s1. The predicted molar refractivity (Wildman–Crippen MR) is 156 cm³/mol. The highest BCUT2D eigenvalue weighted by Crippen LogP contribution is 2.47. The Kier molecular flexibility index (Phi) is 11.3. The van der Waals surface area contributed by atoms with Crippen LogP contribution in [-0.4, -0.2) is 39.2 Å². The maximum atomic E-state index is 14.8. The first-order valence-electron chi connectivity index (χ1n) is 14.0. The molecule has 2 heterocycles. The monoisotopic (exact) mass is 656 g/mol. The zero-order chi connectivity index (χ0) is 34.3. The number of carbonyl (C=O) groups excluding carboxylic acids is 1. The lowest BCUT2D eigenvalue weighted by Gasteiger charge is -2.32. The second-order valence-electron chi connectivity index (χ2n) is 11.2. The Morgan fingerprint density at radius 3 is 2.28 bits per heavy atom. The minimum absolute atomic E-state index is 0.132. The zero-order valence-electron chi connectivity index (χ0n) is 25.6. The van der Waals surface area contributed by atoms with Crippen LogP contribution in [0, 0.1) is 0 Å². The van der Waals surface area contributed by atoms with Gasteiger partial charge in [0.15, 0.2) is 5.69 Å². The second-order valence-corrected chi connectivity index (χ2v) is 11.2. The first-order chi connectivity index (χ1) is 21.4. The zero-order valence-corrected chi connectivity index (χ0v) is 25.6. The Balaban J connectivity index is 2.22. The van der Waals surface area contributed by atoms with Gasteiger partial charge >= 0.3 is 18.4 Å². The van der Waals surface area contributed by atoms with Crippen molar-refractivity contribution >= 4 is 11.8 Å². The van der Waals surface area contributed by atoms with Crippen molar-refractivity contribution in [2.45, 2.75) is 83.2 Å². The van der Waals surface area contributed by atoms with Gasteiger partial charge in [-0.15, -0.1) is 23.4 Å². The normalized spacial score (nSPS) is 14.2. The molecule has 0 radical (unpaired) electrons. The van der Waals surface area contributed by atoms with E-state index in [0.717, 1.165) is 0 Å². The van der Waals surface area contributed by atoms with Crippen LogP contribution < -0.4 is 10.1 Å². The van der Waals surface area contributed by atoms with E-state index in [0.29, 0.717) is 11.6 Å². The van der Waals surface area contributed by atoms with E-state index >= 15 is 0 Å². The van der Waals surface area contributed by atoms with E-state index in [1.807, 2.05) is 0 Å². The summed E-state index contributed by atoms with van der Waals surface area (Å²) in [6.45, 7) is 12.5. The van der Waals surface area contributed by atoms with Gasteiger partial charge in [-0.25, -0.2) is 9.78 Å². The lowest BCUT2D eigenvalue weighted by molar-refractivity contribution is -0.299. The SMILES string of the molecule is C=CCC[C@@](OCc1ccccc1)(c1nnc(-c2nc(O[C@@H](C)CC=C)c(C(F)(F)F)cc2NC(=O)OC(C)(C)C)o1)C(F)(F)F. The van der Waals surface area contributed by atoms with Gasteiger partial charge in [0.05, 0.1) is 12.3 Å². The molecule has 0 saturated heterocycles. The van der Waals surface area contributed by atoms with Crippen LogP contribution in [0.25, 0.3) is 11.6 Å². The van der Waals surface area contributed by atoms with Crippen molar-refractivity contribution in [3.63, 3.8) is 0 Å². The number of allylic oxidation sites excluding steroid dienone is 1. The third kappa shape index (κ3) is 9.08. The minimum atomic E-state index is -5.10. The van der Waals surface area contributed by atoms with Crippen molar-refractivity contribution < 1.29 is 49.8 Å². The molecule has 15 heteroatoms. The fourth-order valence-corrected chi connectivity index (χ4v) is 4.09. The van der Waals surface area contributed by atoms with Gasteiger partial charge in [-0.3, -0.25) is 5.32 Å². The molecule has 3 aromatic rings. The molecule has 250 valence electrons. The van der Waals surface area contributed by atoms with Gasteiger partial charge < -0.3 is 18.6 Å². The maximum Gasteiger partial charge on any atom is 0.426 e. The number of amides is 1. The molecule has 1 N–H and O–H groups in total. The van der Waals surface area contributed by atoms with Crippen LogP contribution in [0.1, 0.15) is 64.0 Å². The van der Waals surface area contributed by atoms with Crippen molar-refractivity contribution in [3.05, 3.63) is 78.7 Å². The minimum Gasteiger partial charge on any atom is -0.474 e. The first-order valence-corrected chi connectivity index (χ1v) is 14.0. The molecular formula is C31H34F6N4O5.